The molecule has 1 atom stereocenters. The molecule has 1 aliphatic rings. The van der Waals surface area contributed by atoms with Crippen LogP contribution in [0.25, 0.3) is 0 Å². The average Bonchev–Trinajstić information content (AvgIpc) is 2.95. The molecule has 1 unspecified atom stereocenters. The fourth-order valence-corrected chi connectivity index (χ4v) is 4.52. The Hall–Kier alpha value is -2.19. The lowest BCUT2D eigenvalue weighted by molar-refractivity contribution is 0.304. The summed E-state index contributed by atoms with van der Waals surface area (Å²) in [5, 5.41) is 7.34. The summed E-state index contributed by atoms with van der Waals surface area (Å²) in [4.78, 5) is 4.80. The van der Waals surface area contributed by atoms with Crippen LogP contribution in [0.15, 0.2) is 45.1 Å². The van der Waals surface area contributed by atoms with Crippen LogP contribution in [0.2, 0.25) is 0 Å². The average molecular weight is 347 g/mol. The molecule has 1 aromatic heterocycles. The van der Waals surface area contributed by atoms with Crippen molar-refractivity contribution >= 4 is 27.2 Å². The van der Waals surface area contributed by atoms with E-state index in [9.17, 15) is 8.42 Å². The number of nitrogens with zero attached hydrogens (tertiary/aromatic N) is 3. The molecule has 128 valence electrons. The van der Waals surface area contributed by atoms with Gasteiger partial charge in [0.15, 0.2) is 16.5 Å². The molecule has 0 bridgehead atoms. The molecule has 3 N–H and O–H groups in total. The fourth-order valence-electron chi connectivity index (χ4n) is 3.00. The number of aliphatic imine (C=N–C) groups is 1. The lowest BCUT2D eigenvalue weighted by atomic mass is 9.94. The van der Waals surface area contributed by atoms with Gasteiger partial charge < -0.3 is 11.1 Å². The van der Waals surface area contributed by atoms with Gasteiger partial charge in [-0.25, -0.2) is 18.1 Å². The number of aromatic nitrogens is 2. The van der Waals surface area contributed by atoms with Gasteiger partial charge in [0.2, 0.25) is 9.84 Å². The van der Waals surface area contributed by atoms with Crippen LogP contribution >= 0.6 is 0 Å². The molecule has 3 rings (SSSR count). The zero-order valence-corrected chi connectivity index (χ0v) is 14.8. The lowest BCUT2D eigenvalue weighted by Gasteiger charge is -2.32. The van der Waals surface area contributed by atoms with Gasteiger partial charge in [0.05, 0.1) is 10.4 Å². The van der Waals surface area contributed by atoms with E-state index in [-0.39, 0.29) is 15.6 Å². The van der Waals surface area contributed by atoms with Gasteiger partial charge in [-0.15, -0.1) is 0 Å². The molecule has 0 aliphatic carbocycles. The van der Waals surface area contributed by atoms with Gasteiger partial charge in [0.25, 0.3) is 0 Å². The standard InChI is InChI=1S/C16H21N5O2S/c1-11-9-16(2,10-17)21-15(19-11)13(14(18-3)20-21)24(22,23)12-7-5-4-6-8-12/h4-8H,9-10,17H2,1-3H3,(H,18,20). The Balaban J connectivity index is 2.32. The van der Waals surface area contributed by atoms with Crippen LogP contribution in [0.5, 0.6) is 0 Å². The third kappa shape index (κ3) is 2.42. The summed E-state index contributed by atoms with van der Waals surface area (Å²) in [7, 11) is -2.11. The maximum absolute atomic E-state index is 13.2. The molecule has 8 heteroatoms. The molecule has 0 saturated carbocycles. The first-order valence-electron chi connectivity index (χ1n) is 7.69. The highest BCUT2D eigenvalue weighted by Gasteiger charge is 2.39. The molecule has 0 spiro atoms. The zero-order chi connectivity index (χ0) is 17.5. The maximum atomic E-state index is 13.2. The van der Waals surface area contributed by atoms with Crippen molar-refractivity contribution in [1.29, 1.82) is 0 Å². The Bertz CT molecular complexity index is 902. The monoisotopic (exact) mass is 347 g/mol. The Kier molecular flexibility index (Phi) is 3.97. The van der Waals surface area contributed by atoms with Crippen LogP contribution < -0.4 is 11.1 Å². The van der Waals surface area contributed by atoms with Crippen LogP contribution in [0.1, 0.15) is 20.3 Å². The topological polar surface area (TPSA) is 102 Å². The van der Waals surface area contributed by atoms with Crippen molar-refractivity contribution in [2.24, 2.45) is 10.7 Å². The van der Waals surface area contributed by atoms with E-state index >= 15 is 0 Å². The Labute approximate surface area is 141 Å². The third-order valence-electron chi connectivity index (χ3n) is 4.26. The highest BCUT2D eigenvalue weighted by molar-refractivity contribution is 7.91. The molecule has 1 aromatic carbocycles. The van der Waals surface area contributed by atoms with Gasteiger partial charge in [0.1, 0.15) is 0 Å². The summed E-state index contributed by atoms with van der Waals surface area (Å²) in [5.74, 6) is 0.617. The van der Waals surface area contributed by atoms with E-state index in [2.05, 4.69) is 15.4 Å². The van der Waals surface area contributed by atoms with E-state index in [0.717, 1.165) is 5.71 Å². The minimum atomic E-state index is -3.76. The SMILES string of the molecule is CNc1nn2c(c1S(=O)(=O)c1ccccc1)N=C(C)CC2(C)CN. The summed E-state index contributed by atoms with van der Waals surface area (Å²) in [6.45, 7) is 4.17. The number of hydrogen-bond acceptors (Lipinski definition) is 6. The van der Waals surface area contributed by atoms with Crippen molar-refractivity contribution in [2.45, 2.75) is 35.6 Å². The number of sulfone groups is 1. The van der Waals surface area contributed by atoms with Crippen molar-refractivity contribution < 1.29 is 8.42 Å². The van der Waals surface area contributed by atoms with Gasteiger partial charge in [-0.05, 0) is 26.0 Å². The summed E-state index contributed by atoms with van der Waals surface area (Å²) in [6.07, 6.45) is 0.631. The van der Waals surface area contributed by atoms with Crippen molar-refractivity contribution in [3.8, 4) is 0 Å². The highest BCUT2D eigenvalue weighted by atomic mass is 32.2. The number of fused-ring (bicyclic) bond motifs is 1. The smallest absolute Gasteiger partial charge is 0.214 e. The molecule has 2 aromatic rings. The molecule has 0 radical (unpaired) electrons. The minimum Gasteiger partial charge on any atom is -0.371 e. The first-order valence-corrected chi connectivity index (χ1v) is 9.17. The van der Waals surface area contributed by atoms with E-state index in [4.69, 9.17) is 5.73 Å². The number of rotatable bonds is 4. The van der Waals surface area contributed by atoms with Gasteiger partial charge in [-0.3, -0.25) is 0 Å². The van der Waals surface area contributed by atoms with E-state index in [0.29, 0.717) is 18.8 Å². The Morgan fingerprint density at radius 3 is 2.58 bits per heavy atom. The van der Waals surface area contributed by atoms with Crippen LogP contribution in [-0.2, 0) is 15.4 Å². The van der Waals surface area contributed by atoms with Gasteiger partial charge in [0, 0.05) is 25.7 Å². The van der Waals surface area contributed by atoms with Gasteiger partial charge >= 0.3 is 0 Å². The molecular formula is C16H21N5O2S. The summed E-state index contributed by atoms with van der Waals surface area (Å²) >= 11 is 0. The zero-order valence-electron chi connectivity index (χ0n) is 13.9. The molecule has 0 fully saturated rings. The molecule has 7 nitrogen and oxygen atoms in total. The minimum absolute atomic E-state index is 0.0925. The third-order valence-corrected chi connectivity index (χ3v) is 6.07. The molecular weight excluding hydrogens is 326 g/mol. The number of benzene rings is 1. The van der Waals surface area contributed by atoms with Crippen LogP contribution in [-0.4, -0.2) is 37.5 Å². The second kappa shape index (κ2) is 5.71. The summed E-state index contributed by atoms with van der Waals surface area (Å²) < 4.78 is 28.0. The first kappa shape index (κ1) is 16.7. The molecule has 0 saturated heterocycles. The van der Waals surface area contributed by atoms with Crippen LogP contribution in [0.3, 0.4) is 0 Å². The number of nitrogens with one attached hydrogen (secondary N) is 1. The van der Waals surface area contributed by atoms with E-state index in [1.165, 1.54) is 0 Å². The van der Waals surface area contributed by atoms with E-state index in [1.807, 2.05) is 13.8 Å². The van der Waals surface area contributed by atoms with Crippen molar-refractivity contribution in [2.75, 3.05) is 18.9 Å². The van der Waals surface area contributed by atoms with E-state index in [1.54, 1.807) is 42.1 Å². The van der Waals surface area contributed by atoms with Crippen LogP contribution in [0, 0.1) is 0 Å². The first-order chi connectivity index (χ1) is 11.3. The lowest BCUT2D eigenvalue weighted by Crippen LogP contribution is -2.42. The Morgan fingerprint density at radius 1 is 1.33 bits per heavy atom. The van der Waals surface area contributed by atoms with Gasteiger partial charge in [-0.2, -0.15) is 5.10 Å². The van der Waals surface area contributed by atoms with Gasteiger partial charge in [-0.1, -0.05) is 18.2 Å². The number of nitrogens with two attached hydrogens (primary N) is 1. The predicted octanol–water partition coefficient (Wildman–Crippen LogP) is 1.93. The molecule has 24 heavy (non-hydrogen) atoms. The molecule has 1 aliphatic heterocycles. The second-order valence-electron chi connectivity index (χ2n) is 6.20. The summed E-state index contributed by atoms with van der Waals surface area (Å²) in [6, 6.07) is 8.31. The normalized spacial score (nSPS) is 20.4. The fraction of sp³-hybridized carbons (Fsp3) is 0.375. The maximum Gasteiger partial charge on any atom is 0.214 e. The molecule has 0 amide bonds. The van der Waals surface area contributed by atoms with Crippen molar-refractivity contribution in [1.82, 2.24) is 9.78 Å². The van der Waals surface area contributed by atoms with Crippen LogP contribution in [0.4, 0.5) is 11.6 Å². The number of hydrogen-bond donors (Lipinski definition) is 2. The quantitative estimate of drug-likeness (QED) is 0.880. The molecule has 2 heterocycles. The number of anilines is 1. The highest BCUT2D eigenvalue weighted by Crippen LogP contribution is 2.41. The van der Waals surface area contributed by atoms with Crippen molar-refractivity contribution in [3.63, 3.8) is 0 Å². The largest absolute Gasteiger partial charge is 0.371 e. The second-order valence-corrected chi connectivity index (χ2v) is 8.09. The van der Waals surface area contributed by atoms with E-state index < -0.39 is 15.4 Å². The predicted molar refractivity (Wildman–Crippen MR) is 93.8 cm³/mol. The van der Waals surface area contributed by atoms with Crippen molar-refractivity contribution in [3.05, 3.63) is 30.3 Å². The Morgan fingerprint density at radius 2 is 2.00 bits per heavy atom. The summed E-state index contributed by atoms with van der Waals surface area (Å²) in [5.41, 5.74) is 6.28.